The number of ether oxygens (including phenoxy) is 1. The van der Waals surface area contributed by atoms with E-state index in [0.717, 1.165) is 25.9 Å². The lowest BCUT2D eigenvalue weighted by molar-refractivity contribution is -0.141. The van der Waals surface area contributed by atoms with Crippen molar-refractivity contribution in [3.8, 4) is 0 Å². The molecule has 0 saturated heterocycles. The Hall–Kier alpha value is -0.610. The van der Waals surface area contributed by atoms with E-state index in [9.17, 15) is 4.79 Å². The summed E-state index contributed by atoms with van der Waals surface area (Å²) < 4.78 is 4.81. The monoisotopic (exact) mass is 230 g/mol. The lowest BCUT2D eigenvalue weighted by Crippen LogP contribution is -2.29. The summed E-state index contributed by atoms with van der Waals surface area (Å²) in [4.78, 5) is 13.3. The number of rotatable bonds is 9. The average Bonchev–Trinajstić information content (AvgIpc) is 2.23. The number of nitrogens with one attached hydrogen (secondary N) is 1. The normalized spacial score (nSPS) is 11.1. The van der Waals surface area contributed by atoms with Crippen molar-refractivity contribution in [2.45, 2.75) is 39.7 Å². The zero-order valence-corrected chi connectivity index (χ0v) is 11.1. The highest BCUT2D eigenvalue weighted by atomic mass is 16.5. The van der Waals surface area contributed by atoms with Gasteiger partial charge in [0.05, 0.1) is 13.2 Å². The van der Waals surface area contributed by atoms with Crippen LogP contribution in [0.4, 0.5) is 0 Å². The molecule has 0 aromatic rings. The number of nitrogens with zero attached hydrogens (tertiary/aromatic N) is 1. The van der Waals surface area contributed by atoms with Crippen LogP contribution in [0.1, 0.15) is 33.6 Å². The van der Waals surface area contributed by atoms with Crippen molar-refractivity contribution in [3.63, 3.8) is 0 Å². The Balaban J connectivity index is 3.24. The van der Waals surface area contributed by atoms with Crippen molar-refractivity contribution in [2.24, 2.45) is 0 Å². The van der Waals surface area contributed by atoms with Gasteiger partial charge in [-0.1, -0.05) is 0 Å². The van der Waals surface area contributed by atoms with Crippen LogP contribution in [0, 0.1) is 0 Å². The van der Waals surface area contributed by atoms with E-state index in [0.29, 0.717) is 19.2 Å². The second kappa shape index (κ2) is 9.60. The van der Waals surface area contributed by atoms with Gasteiger partial charge in [-0.05, 0) is 53.8 Å². The highest BCUT2D eigenvalue weighted by Crippen LogP contribution is 1.97. The van der Waals surface area contributed by atoms with E-state index in [2.05, 4.69) is 31.1 Å². The lowest BCUT2D eigenvalue weighted by Gasteiger charge is -2.20. The molecule has 0 saturated carbocycles. The summed E-state index contributed by atoms with van der Waals surface area (Å²) in [7, 11) is 2.14. The SMILES string of the molecule is CCOC(=O)CNCCCCN(C)C(C)C. The van der Waals surface area contributed by atoms with Crippen molar-refractivity contribution >= 4 is 5.97 Å². The van der Waals surface area contributed by atoms with Gasteiger partial charge >= 0.3 is 5.97 Å². The van der Waals surface area contributed by atoms with Gasteiger partial charge in [0.15, 0.2) is 0 Å². The number of hydrogen-bond donors (Lipinski definition) is 1. The smallest absolute Gasteiger partial charge is 0.319 e. The maximum atomic E-state index is 11.0. The van der Waals surface area contributed by atoms with Crippen molar-refractivity contribution in [1.29, 1.82) is 0 Å². The van der Waals surface area contributed by atoms with Gasteiger partial charge in [-0.3, -0.25) is 4.79 Å². The Morgan fingerprint density at radius 3 is 2.62 bits per heavy atom. The Kier molecular flexibility index (Phi) is 9.24. The summed E-state index contributed by atoms with van der Waals surface area (Å²) in [5.41, 5.74) is 0. The molecule has 96 valence electrons. The van der Waals surface area contributed by atoms with E-state index in [1.165, 1.54) is 0 Å². The zero-order chi connectivity index (χ0) is 12.4. The Bertz CT molecular complexity index is 184. The maximum absolute atomic E-state index is 11.0. The molecule has 0 spiro atoms. The molecule has 4 nitrogen and oxygen atoms in total. The molecule has 0 aliphatic rings. The fraction of sp³-hybridized carbons (Fsp3) is 0.917. The van der Waals surface area contributed by atoms with E-state index >= 15 is 0 Å². The van der Waals surface area contributed by atoms with Crippen molar-refractivity contribution in [2.75, 3.05) is 33.3 Å². The average molecular weight is 230 g/mol. The van der Waals surface area contributed by atoms with Gasteiger partial charge in [0, 0.05) is 6.04 Å². The second-order valence-electron chi connectivity index (χ2n) is 4.26. The van der Waals surface area contributed by atoms with Gasteiger partial charge in [-0.15, -0.1) is 0 Å². The van der Waals surface area contributed by atoms with Gasteiger partial charge in [0.25, 0.3) is 0 Å². The summed E-state index contributed by atoms with van der Waals surface area (Å²) in [5.74, 6) is -0.165. The summed E-state index contributed by atoms with van der Waals surface area (Å²) in [5, 5.41) is 3.08. The number of hydrogen-bond acceptors (Lipinski definition) is 4. The predicted molar refractivity (Wildman–Crippen MR) is 66.5 cm³/mol. The van der Waals surface area contributed by atoms with Gasteiger partial charge < -0.3 is 15.0 Å². The molecule has 0 atom stereocenters. The molecule has 0 aliphatic heterocycles. The summed E-state index contributed by atoms with van der Waals surface area (Å²) in [6.07, 6.45) is 2.25. The summed E-state index contributed by atoms with van der Waals surface area (Å²) >= 11 is 0. The number of carbonyl (C=O) groups excluding carboxylic acids is 1. The summed E-state index contributed by atoms with van der Waals surface area (Å²) in [6, 6.07) is 0.604. The van der Waals surface area contributed by atoms with Crippen LogP contribution < -0.4 is 5.32 Å². The highest BCUT2D eigenvalue weighted by molar-refractivity contribution is 5.71. The molecule has 4 heteroatoms. The zero-order valence-electron chi connectivity index (χ0n) is 11.1. The minimum absolute atomic E-state index is 0.165. The molecular weight excluding hydrogens is 204 g/mol. The van der Waals surface area contributed by atoms with Gasteiger partial charge in [-0.2, -0.15) is 0 Å². The van der Waals surface area contributed by atoms with Crippen LogP contribution >= 0.6 is 0 Å². The van der Waals surface area contributed by atoms with E-state index in [4.69, 9.17) is 4.74 Å². The first-order valence-corrected chi connectivity index (χ1v) is 6.14. The fourth-order valence-electron chi connectivity index (χ4n) is 1.27. The molecular formula is C12H26N2O2. The second-order valence-corrected chi connectivity index (χ2v) is 4.26. The van der Waals surface area contributed by atoms with Crippen molar-refractivity contribution in [1.82, 2.24) is 10.2 Å². The van der Waals surface area contributed by atoms with E-state index < -0.39 is 0 Å². The third kappa shape index (κ3) is 8.68. The van der Waals surface area contributed by atoms with Crippen LogP contribution in [0.5, 0.6) is 0 Å². The van der Waals surface area contributed by atoms with Gasteiger partial charge in [0.2, 0.25) is 0 Å². The van der Waals surface area contributed by atoms with Crippen LogP contribution in [-0.2, 0) is 9.53 Å². The van der Waals surface area contributed by atoms with Crippen LogP contribution in [0.15, 0.2) is 0 Å². The first kappa shape index (κ1) is 15.4. The quantitative estimate of drug-likeness (QED) is 0.478. The van der Waals surface area contributed by atoms with E-state index in [1.807, 2.05) is 6.92 Å². The van der Waals surface area contributed by atoms with E-state index in [1.54, 1.807) is 0 Å². The third-order valence-electron chi connectivity index (χ3n) is 2.57. The molecule has 0 bridgehead atoms. The molecule has 1 N–H and O–H groups in total. The Morgan fingerprint density at radius 2 is 2.06 bits per heavy atom. The Labute approximate surface area is 99.3 Å². The topological polar surface area (TPSA) is 41.6 Å². The third-order valence-corrected chi connectivity index (χ3v) is 2.57. The van der Waals surface area contributed by atoms with Crippen LogP contribution in [0.25, 0.3) is 0 Å². The minimum Gasteiger partial charge on any atom is -0.465 e. The first-order chi connectivity index (χ1) is 7.57. The Morgan fingerprint density at radius 1 is 1.38 bits per heavy atom. The number of unbranched alkanes of at least 4 members (excludes halogenated alkanes) is 1. The number of carbonyl (C=O) groups is 1. The lowest BCUT2D eigenvalue weighted by atomic mass is 10.2. The molecule has 0 amide bonds. The molecule has 0 aliphatic carbocycles. The molecule has 0 aromatic heterocycles. The molecule has 0 rings (SSSR count). The highest BCUT2D eigenvalue weighted by Gasteiger charge is 2.02. The molecule has 0 heterocycles. The predicted octanol–water partition coefficient (Wildman–Crippen LogP) is 1.26. The molecule has 0 aromatic carbocycles. The van der Waals surface area contributed by atoms with Crippen LogP contribution in [0.3, 0.4) is 0 Å². The molecule has 0 fully saturated rings. The van der Waals surface area contributed by atoms with Crippen molar-refractivity contribution < 1.29 is 9.53 Å². The minimum atomic E-state index is -0.165. The van der Waals surface area contributed by atoms with Gasteiger partial charge in [0.1, 0.15) is 0 Å². The van der Waals surface area contributed by atoms with Crippen LogP contribution in [-0.4, -0.2) is 50.2 Å². The van der Waals surface area contributed by atoms with Crippen molar-refractivity contribution in [3.05, 3.63) is 0 Å². The number of esters is 1. The van der Waals surface area contributed by atoms with E-state index in [-0.39, 0.29) is 5.97 Å². The molecule has 0 radical (unpaired) electrons. The molecule has 16 heavy (non-hydrogen) atoms. The first-order valence-electron chi connectivity index (χ1n) is 6.14. The standard InChI is InChI=1S/C12H26N2O2/c1-5-16-12(15)10-13-8-6-7-9-14(4)11(2)3/h11,13H,5-10H2,1-4H3. The maximum Gasteiger partial charge on any atom is 0.319 e. The molecule has 0 unspecified atom stereocenters. The summed E-state index contributed by atoms with van der Waals surface area (Å²) in [6.45, 7) is 8.98. The van der Waals surface area contributed by atoms with Gasteiger partial charge in [-0.25, -0.2) is 0 Å². The fourth-order valence-corrected chi connectivity index (χ4v) is 1.27. The largest absolute Gasteiger partial charge is 0.465 e. The van der Waals surface area contributed by atoms with Crippen LogP contribution in [0.2, 0.25) is 0 Å².